The second-order valence-electron chi connectivity index (χ2n) is 15.4. The van der Waals surface area contributed by atoms with Crippen LogP contribution in [0.5, 0.6) is 0 Å². The molecule has 11 unspecified atom stereocenters. The molecule has 284 valence electrons. The Balaban J connectivity index is 0.000000996. The molecule has 1 aliphatic heterocycles. The molecule has 0 amide bonds. The molecule has 1 heterocycles. The van der Waals surface area contributed by atoms with Crippen molar-refractivity contribution < 1.29 is 28.6 Å². The molecule has 0 radical (unpaired) electrons. The number of carbonyl (C=O) groups excluding carboxylic acids is 3. The smallest absolute Gasteiger partial charge is 0.309 e. The number of carbonyl (C=O) groups is 3. The fourth-order valence-electron chi connectivity index (χ4n) is 9.17. The fourth-order valence-corrected chi connectivity index (χ4v) is 9.17. The average Bonchev–Trinajstić information content (AvgIpc) is 3.54. The summed E-state index contributed by atoms with van der Waals surface area (Å²) in [5.41, 5.74) is 11.4. The number of nitrogens with zero attached hydrogens (tertiary/aromatic N) is 1. The van der Waals surface area contributed by atoms with Crippen molar-refractivity contribution in [1.82, 2.24) is 0 Å². The zero-order valence-corrected chi connectivity index (χ0v) is 32.8. The Morgan fingerprint density at radius 2 is 1.68 bits per heavy atom. The topological polar surface area (TPSA) is 160 Å². The quantitative estimate of drug-likeness (QED) is 0.139. The number of nitroso groups, excluding NO2 is 1. The van der Waals surface area contributed by atoms with Crippen LogP contribution >= 0.6 is 0 Å². The maximum absolute atomic E-state index is 14.2. The molecule has 50 heavy (non-hydrogen) atoms. The van der Waals surface area contributed by atoms with Crippen molar-refractivity contribution >= 4 is 17.5 Å². The van der Waals surface area contributed by atoms with Gasteiger partial charge in [0.2, 0.25) is 12.2 Å². The van der Waals surface area contributed by atoms with E-state index in [9.17, 15) is 19.3 Å². The monoisotopic (exact) mass is 701 g/mol. The number of ether oxygens (including phenoxy) is 3. The summed E-state index contributed by atoms with van der Waals surface area (Å²) in [6, 6.07) is -0.760. The molecular weight excluding hydrogens is 634 g/mol. The van der Waals surface area contributed by atoms with Crippen molar-refractivity contribution in [1.29, 1.82) is 0 Å². The Kier molecular flexibility index (Phi) is 15.5. The van der Waals surface area contributed by atoms with Crippen molar-refractivity contribution in [2.24, 2.45) is 51.1 Å². The van der Waals surface area contributed by atoms with Gasteiger partial charge in [-0.25, -0.2) is 0 Å². The molecular formula is C40H67N3O7. The average molecular weight is 702 g/mol. The maximum atomic E-state index is 14.2. The van der Waals surface area contributed by atoms with Crippen molar-refractivity contribution in [2.75, 3.05) is 6.61 Å². The minimum atomic E-state index is -1.55. The molecule has 4 fully saturated rings. The molecule has 1 saturated heterocycles. The van der Waals surface area contributed by atoms with Crippen molar-refractivity contribution in [3.8, 4) is 0 Å². The normalized spacial score (nSPS) is 37.2. The summed E-state index contributed by atoms with van der Waals surface area (Å²) < 4.78 is 17.8. The van der Waals surface area contributed by atoms with Gasteiger partial charge in [-0.2, -0.15) is 4.91 Å². The number of nitrogens with two attached hydrogens (primary N) is 2. The van der Waals surface area contributed by atoms with Gasteiger partial charge in [0.05, 0.1) is 18.1 Å². The highest BCUT2D eigenvalue weighted by Crippen LogP contribution is 2.70. The van der Waals surface area contributed by atoms with Gasteiger partial charge in [0.15, 0.2) is 18.0 Å². The second kappa shape index (κ2) is 17.8. The Bertz CT molecular complexity index is 1300. The third-order valence-electron chi connectivity index (χ3n) is 11.6. The van der Waals surface area contributed by atoms with Crippen LogP contribution in [-0.4, -0.2) is 53.8 Å². The zero-order valence-electron chi connectivity index (χ0n) is 32.8. The Morgan fingerprint density at radius 1 is 1.10 bits per heavy atom. The van der Waals surface area contributed by atoms with E-state index in [1.807, 2.05) is 40.7 Å². The van der Waals surface area contributed by atoms with Gasteiger partial charge in [0.25, 0.3) is 0 Å². The van der Waals surface area contributed by atoms with E-state index in [4.69, 9.17) is 25.7 Å². The van der Waals surface area contributed by atoms with E-state index in [0.717, 1.165) is 17.6 Å². The Hall–Kier alpha value is -2.53. The second-order valence-corrected chi connectivity index (χ2v) is 15.4. The lowest BCUT2D eigenvalue weighted by atomic mass is 9.42. The van der Waals surface area contributed by atoms with Crippen LogP contribution in [0.1, 0.15) is 128 Å². The van der Waals surface area contributed by atoms with Gasteiger partial charge in [-0.1, -0.05) is 111 Å². The number of hydrogen-bond acceptors (Lipinski definition) is 10. The number of allylic oxidation sites excluding steroid dienone is 5. The fraction of sp³-hybridized carbons (Fsp3) is 0.775. The molecule has 0 aromatic carbocycles. The van der Waals surface area contributed by atoms with E-state index in [2.05, 4.69) is 46.4 Å². The van der Waals surface area contributed by atoms with Crippen LogP contribution in [0.4, 0.5) is 0 Å². The highest BCUT2D eigenvalue weighted by molar-refractivity contribution is 6.01. The maximum Gasteiger partial charge on any atom is 0.309 e. The van der Waals surface area contributed by atoms with E-state index < -0.39 is 64.8 Å². The molecule has 0 aromatic rings. The van der Waals surface area contributed by atoms with Crippen LogP contribution in [0.15, 0.2) is 41.1 Å². The third-order valence-corrected chi connectivity index (χ3v) is 11.6. The van der Waals surface area contributed by atoms with Crippen LogP contribution in [0.25, 0.3) is 0 Å². The lowest BCUT2D eigenvalue weighted by molar-refractivity contribution is -0.190. The summed E-state index contributed by atoms with van der Waals surface area (Å²) in [7, 11) is 0. The molecule has 5 rings (SSSR count). The summed E-state index contributed by atoms with van der Waals surface area (Å²) >= 11 is 0. The number of ketones is 2. The highest BCUT2D eigenvalue weighted by atomic mass is 16.8. The van der Waals surface area contributed by atoms with Gasteiger partial charge in [-0.3, -0.25) is 20.1 Å². The van der Waals surface area contributed by atoms with Gasteiger partial charge in [-0.05, 0) is 69.4 Å². The van der Waals surface area contributed by atoms with Crippen LogP contribution in [-0.2, 0) is 28.6 Å². The Morgan fingerprint density at radius 3 is 2.24 bits per heavy atom. The molecule has 11 atom stereocenters. The summed E-state index contributed by atoms with van der Waals surface area (Å²) in [5.74, 6) is -1.76. The largest absolute Gasteiger partial charge is 0.457 e. The number of Topliss-reactive ketones (excluding diaryl/α,β-unsaturated/α-hetero) is 1. The first kappa shape index (κ1) is 43.6. The summed E-state index contributed by atoms with van der Waals surface area (Å²) in [4.78, 5) is 51.8. The predicted octanol–water partition coefficient (Wildman–Crippen LogP) is 7.73. The third kappa shape index (κ3) is 7.93. The first-order valence-electron chi connectivity index (χ1n) is 19.0. The lowest BCUT2D eigenvalue weighted by Gasteiger charge is -2.64. The minimum absolute atomic E-state index is 0.0758. The van der Waals surface area contributed by atoms with Crippen molar-refractivity contribution in [3.05, 3.63) is 40.9 Å². The standard InChI is InChI=1S/C32H45N3O7.2C3H8.C2H6/c1-17(2)18(3)7-8-19(4)27(38)40-16-24(37)32-25(41-28(33)42-32)14-23-30(32,6)15-22(35-39)26-29(5)11-10-21(36)13-20(29)9-12-31(23,26)34;2*1-3-2;1-2/h10-11,13,18-19,22-23,25-26,28H,1,7-9,12,14-16,33-34H2,2-6H3;2*3H2,1-2H3;1-2H3. The molecule has 0 bridgehead atoms. The molecule has 0 aromatic heterocycles. The molecule has 10 nitrogen and oxygen atoms in total. The van der Waals surface area contributed by atoms with Gasteiger partial charge in [0.1, 0.15) is 0 Å². The summed E-state index contributed by atoms with van der Waals surface area (Å²) in [5, 5.41) is 3.60. The first-order chi connectivity index (χ1) is 23.5. The van der Waals surface area contributed by atoms with Crippen LogP contribution in [0.2, 0.25) is 0 Å². The number of fused-ring (bicyclic) bond motifs is 7. The van der Waals surface area contributed by atoms with Crippen LogP contribution < -0.4 is 11.5 Å². The lowest BCUT2D eigenvalue weighted by Crippen LogP contribution is -2.72. The first-order valence-corrected chi connectivity index (χ1v) is 19.0. The zero-order chi connectivity index (χ0) is 38.2. The van der Waals surface area contributed by atoms with Crippen LogP contribution in [0.3, 0.4) is 0 Å². The SMILES string of the molecule is C=C(C)C(C)CCC(C)C(=O)OCC(=O)C12OC(N)OC1CC1C3(N)CCC4=CC(=O)C=CC4(C)C3C(N=O)CC12C.CC.CCC.CCC. The van der Waals surface area contributed by atoms with E-state index >= 15 is 0 Å². The van der Waals surface area contributed by atoms with Gasteiger partial charge in [0, 0.05) is 22.3 Å². The van der Waals surface area contributed by atoms with Crippen LogP contribution in [0, 0.1) is 39.4 Å². The van der Waals surface area contributed by atoms with Gasteiger partial charge < -0.3 is 19.9 Å². The molecule has 4 N–H and O–H groups in total. The predicted molar refractivity (Wildman–Crippen MR) is 199 cm³/mol. The van der Waals surface area contributed by atoms with E-state index in [0.29, 0.717) is 25.7 Å². The molecule has 0 spiro atoms. The highest BCUT2D eigenvalue weighted by Gasteiger charge is 2.79. The van der Waals surface area contributed by atoms with Gasteiger partial charge in [-0.15, -0.1) is 0 Å². The molecule has 10 heteroatoms. The van der Waals surface area contributed by atoms with Gasteiger partial charge >= 0.3 is 5.97 Å². The molecule has 5 aliphatic rings. The van der Waals surface area contributed by atoms with E-state index in [1.165, 1.54) is 12.8 Å². The number of hydrogen-bond donors (Lipinski definition) is 2. The number of esters is 1. The Labute approximate surface area is 301 Å². The summed E-state index contributed by atoms with van der Waals surface area (Å²) in [6.45, 7) is 25.7. The number of rotatable bonds is 9. The van der Waals surface area contributed by atoms with E-state index in [-0.39, 0.29) is 30.0 Å². The minimum Gasteiger partial charge on any atom is -0.457 e. The molecule has 3 saturated carbocycles. The van der Waals surface area contributed by atoms with E-state index in [1.54, 1.807) is 19.1 Å². The van der Waals surface area contributed by atoms with Crippen molar-refractivity contribution in [2.45, 2.75) is 157 Å². The van der Waals surface area contributed by atoms with Crippen molar-refractivity contribution in [3.63, 3.8) is 0 Å². The summed E-state index contributed by atoms with van der Waals surface area (Å²) in [6.07, 6.45) is 8.82. The molecule has 4 aliphatic carbocycles.